The van der Waals surface area contributed by atoms with Crippen LogP contribution in [0.1, 0.15) is 59.3 Å². The molecule has 1 aliphatic heterocycles. The molecule has 0 N–H and O–H groups in total. The van der Waals surface area contributed by atoms with Crippen molar-refractivity contribution >= 4 is 22.5 Å². The van der Waals surface area contributed by atoms with Crippen LogP contribution >= 0.6 is 0 Å². The first-order chi connectivity index (χ1) is 9.47. The number of unbranched alkanes of at least 4 members (excludes halogenated alkanes) is 5. The summed E-state index contributed by atoms with van der Waals surface area (Å²) in [6, 6.07) is 2.80. The van der Waals surface area contributed by atoms with Crippen molar-refractivity contribution in [1.29, 1.82) is 0 Å². The summed E-state index contributed by atoms with van der Waals surface area (Å²) >= 11 is 0. The Morgan fingerprint density at radius 2 is 1.38 bits per heavy atom. The van der Waals surface area contributed by atoms with Crippen LogP contribution in [0.2, 0.25) is 44.8 Å². The highest BCUT2D eigenvalue weighted by Crippen LogP contribution is 2.45. The average Bonchev–Trinajstić information content (AvgIpc) is 2.29. The molecule has 1 saturated heterocycles. The maximum Gasteiger partial charge on any atom is 0.174 e. The Kier molecular flexibility index (Phi) is 6.57. The van der Waals surface area contributed by atoms with Crippen molar-refractivity contribution in [1.82, 2.24) is 0 Å². The van der Waals surface area contributed by atoms with Crippen LogP contribution in [0, 0.1) is 0 Å². The molecule has 0 radical (unpaired) electrons. The Hall–Kier alpha value is 0.611. The highest BCUT2D eigenvalue weighted by Gasteiger charge is 2.61. The van der Waals surface area contributed by atoms with Crippen LogP contribution in [0.15, 0.2) is 0 Å². The fourth-order valence-corrected chi connectivity index (χ4v) is 38.0. The van der Waals surface area contributed by atoms with Crippen LogP contribution in [0.5, 0.6) is 0 Å². The van der Waals surface area contributed by atoms with Gasteiger partial charge in [-0.05, 0) is 32.5 Å². The lowest BCUT2D eigenvalue weighted by atomic mass is 10.1. The molecule has 1 rings (SSSR count). The van der Waals surface area contributed by atoms with Crippen molar-refractivity contribution in [2.24, 2.45) is 0 Å². The Balaban J connectivity index is 2.67. The predicted molar refractivity (Wildman–Crippen MR) is 105 cm³/mol. The van der Waals surface area contributed by atoms with E-state index < -0.39 is 22.5 Å². The van der Waals surface area contributed by atoms with Crippen molar-refractivity contribution in [3.8, 4) is 0 Å². The van der Waals surface area contributed by atoms with Gasteiger partial charge in [0.1, 0.15) is 0 Å². The van der Waals surface area contributed by atoms with Crippen LogP contribution in [0.25, 0.3) is 0 Å². The van der Waals surface area contributed by atoms with E-state index in [0.717, 1.165) is 0 Å². The predicted octanol–water partition coefficient (Wildman–Crippen LogP) is 6.30. The molecule has 0 aliphatic carbocycles. The van der Waals surface area contributed by atoms with E-state index in [9.17, 15) is 0 Å². The van der Waals surface area contributed by atoms with Gasteiger partial charge in [-0.25, -0.2) is 0 Å². The van der Waals surface area contributed by atoms with E-state index in [0.29, 0.717) is 0 Å². The lowest BCUT2D eigenvalue weighted by Crippen LogP contribution is -2.78. The molecular weight excluding hydrogens is 304 g/mol. The van der Waals surface area contributed by atoms with Crippen LogP contribution in [0.4, 0.5) is 0 Å². The molecule has 1 unspecified atom stereocenters. The van der Waals surface area contributed by atoms with E-state index in [1.807, 2.05) is 0 Å². The summed E-state index contributed by atoms with van der Waals surface area (Å²) in [5.74, 6) is 0. The Bertz CT molecular complexity index is 339. The number of hydrogen-bond acceptors (Lipinski definition) is 1. The molecule has 1 fully saturated rings. The third-order valence-electron chi connectivity index (χ3n) is 6.39. The lowest BCUT2D eigenvalue weighted by molar-refractivity contribution is 0.120. The van der Waals surface area contributed by atoms with Gasteiger partial charge in [0, 0.05) is 13.2 Å². The topological polar surface area (TPSA) is 9.23 Å². The van der Waals surface area contributed by atoms with Crippen molar-refractivity contribution < 1.29 is 4.43 Å². The molecule has 0 aromatic heterocycles. The minimum absolute atomic E-state index is 0.154. The Labute approximate surface area is 137 Å². The van der Waals surface area contributed by atoms with Gasteiger partial charge in [-0.3, -0.25) is 0 Å². The number of rotatable bonds is 7. The maximum absolute atomic E-state index is 6.88. The van der Waals surface area contributed by atoms with Gasteiger partial charge in [-0.2, -0.15) is 0 Å². The van der Waals surface area contributed by atoms with E-state index in [-0.39, 0.29) is 5.60 Å². The van der Waals surface area contributed by atoms with Gasteiger partial charge in [0.25, 0.3) is 0 Å². The molecule has 1 aliphatic rings. The highest BCUT2D eigenvalue weighted by molar-refractivity contribution is 7.67. The van der Waals surface area contributed by atoms with Crippen LogP contribution < -0.4 is 0 Å². The van der Waals surface area contributed by atoms with Gasteiger partial charge in [-0.15, -0.1) is 0 Å². The monoisotopic (exact) mass is 344 g/mol. The summed E-state index contributed by atoms with van der Waals surface area (Å²) < 4.78 is 6.88. The second-order valence-electron chi connectivity index (χ2n) is 9.30. The zero-order valence-electron chi connectivity index (χ0n) is 16.1. The third kappa shape index (κ3) is 4.55. The van der Waals surface area contributed by atoms with Crippen molar-refractivity contribution in [2.75, 3.05) is 0 Å². The summed E-state index contributed by atoms with van der Waals surface area (Å²) in [6.07, 6.45) is 8.48. The second-order valence-corrected chi connectivity index (χ2v) is 36.1. The molecule has 126 valence electrons. The SMILES string of the molecule is CCCCCCCC[Si]1(C)OC(C)(C)C[Si](C)(C)[Si]1(C)C. The molecule has 0 amide bonds. The van der Waals surface area contributed by atoms with Crippen molar-refractivity contribution in [2.45, 2.75) is 110 Å². The minimum atomic E-state index is -1.50. The highest BCUT2D eigenvalue weighted by atomic mass is 29.6. The molecule has 1 nitrogen and oxygen atoms in total. The van der Waals surface area contributed by atoms with Gasteiger partial charge in [0.2, 0.25) is 0 Å². The summed E-state index contributed by atoms with van der Waals surface area (Å²) in [5, 5.41) is 0. The molecule has 0 spiro atoms. The van der Waals surface area contributed by atoms with Crippen LogP contribution in [0.3, 0.4) is 0 Å². The van der Waals surface area contributed by atoms with Gasteiger partial charge in [-0.1, -0.05) is 71.6 Å². The summed E-state index contributed by atoms with van der Waals surface area (Å²) in [5.41, 5.74) is 0.154. The molecule has 4 heteroatoms. The lowest BCUT2D eigenvalue weighted by Gasteiger charge is -2.59. The van der Waals surface area contributed by atoms with E-state index >= 15 is 0 Å². The van der Waals surface area contributed by atoms with Gasteiger partial charge >= 0.3 is 0 Å². The third-order valence-corrected chi connectivity index (χ3v) is 47.0. The zero-order valence-corrected chi connectivity index (χ0v) is 19.1. The minimum Gasteiger partial charge on any atom is -0.415 e. The number of hydrogen-bond donors (Lipinski definition) is 0. The van der Waals surface area contributed by atoms with Gasteiger partial charge in [0.05, 0.1) is 7.11 Å². The molecule has 0 aromatic rings. The Morgan fingerprint density at radius 3 is 1.95 bits per heavy atom. The standard InChI is InChI=1S/C17H40OSi3/c1-9-10-11-12-13-14-15-21(8)18-17(2,3)16-19(4,5)20(21,6)7/h9-16H2,1-8H3. The summed E-state index contributed by atoms with van der Waals surface area (Å²) in [7, 11) is -3.78. The van der Waals surface area contributed by atoms with Gasteiger partial charge < -0.3 is 4.43 Å². The van der Waals surface area contributed by atoms with Crippen LogP contribution in [-0.4, -0.2) is 28.1 Å². The van der Waals surface area contributed by atoms with E-state index in [1.54, 1.807) is 0 Å². The molecule has 1 atom stereocenters. The fraction of sp³-hybridized carbons (Fsp3) is 1.00. The van der Waals surface area contributed by atoms with Crippen molar-refractivity contribution in [3.05, 3.63) is 0 Å². The smallest absolute Gasteiger partial charge is 0.174 e. The zero-order chi connectivity index (χ0) is 16.4. The second kappa shape index (κ2) is 7.02. The molecule has 1 heterocycles. The van der Waals surface area contributed by atoms with E-state index in [4.69, 9.17) is 4.43 Å². The fourth-order valence-electron chi connectivity index (χ4n) is 4.38. The quantitative estimate of drug-likeness (QED) is 0.388. The van der Waals surface area contributed by atoms with Crippen molar-refractivity contribution in [3.63, 3.8) is 0 Å². The van der Waals surface area contributed by atoms with Crippen LogP contribution in [-0.2, 0) is 4.43 Å². The Morgan fingerprint density at radius 1 is 0.857 bits per heavy atom. The normalized spacial score (nSPS) is 30.3. The first-order valence-electron chi connectivity index (χ1n) is 9.18. The first kappa shape index (κ1) is 19.7. The maximum atomic E-state index is 6.88. The average molecular weight is 345 g/mol. The summed E-state index contributed by atoms with van der Waals surface area (Å²) in [6.45, 7) is 20.3. The largest absolute Gasteiger partial charge is 0.415 e. The van der Waals surface area contributed by atoms with E-state index in [2.05, 4.69) is 53.5 Å². The molecule has 0 saturated carbocycles. The first-order valence-corrected chi connectivity index (χ1v) is 20.0. The molecular formula is C17H40OSi3. The van der Waals surface area contributed by atoms with Gasteiger partial charge in [0.15, 0.2) is 7.83 Å². The molecule has 0 bridgehead atoms. The summed E-state index contributed by atoms with van der Waals surface area (Å²) in [4.78, 5) is 0. The molecule has 0 aromatic carbocycles. The van der Waals surface area contributed by atoms with E-state index in [1.165, 1.54) is 50.6 Å². The molecule has 21 heavy (non-hydrogen) atoms.